The summed E-state index contributed by atoms with van der Waals surface area (Å²) in [5.74, 6) is 0.980. The van der Waals surface area contributed by atoms with E-state index in [0.29, 0.717) is 18.1 Å². The van der Waals surface area contributed by atoms with E-state index in [1.807, 2.05) is 0 Å². The fraction of sp³-hybridized carbons (Fsp3) is 0.647. The molecule has 0 heterocycles. The molecule has 2 aliphatic carbocycles. The Bertz CT molecular complexity index is 452. The van der Waals surface area contributed by atoms with Crippen molar-refractivity contribution in [1.82, 2.24) is 5.32 Å². The Morgan fingerprint density at radius 1 is 1.15 bits per heavy atom. The van der Waals surface area contributed by atoms with Crippen LogP contribution in [0.1, 0.15) is 55.7 Å². The average Bonchev–Trinajstić information content (AvgIpc) is 2.49. The Labute approximate surface area is 121 Å². The molecule has 1 unspecified atom stereocenters. The van der Waals surface area contributed by atoms with Crippen LogP contribution in [0.3, 0.4) is 0 Å². The van der Waals surface area contributed by atoms with E-state index in [1.54, 1.807) is 7.11 Å². The second kappa shape index (κ2) is 6.15. The van der Waals surface area contributed by atoms with Gasteiger partial charge in [0.05, 0.1) is 7.11 Å². The molecule has 20 heavy (non-hydrogen) atoms. The fourth-order valence-corrected chi connectivity index (χ4v) is 3.66. The van der Waals surface area contributed by atoms with Crippen LogP contribution in [0.2, 0.25) is 0 Å². The van der Waals surface area contributed by atoms with Crippen LogP contribution in [0.25, 0.3) is 0 Å². The zero-order chi connectivity index (χ0) is 13.9. The Hall–Kier alpha value is -1.06. The molecule has 1 saturated carbocycles. The van der Waals surface area contributed by atoms with E-state index in [-0.39, 0.29) is 0 Å². The van der Waals surface area contributed by atoms with Gasteiger partial charge in [0, 0.05) is 18.1 Å². The SMILES string of the molecule is COc1ccc2c(c1)CCCC2NC1CCC(N)CC1. The second-order valence-electron chi connectivity index (χ2n) is 6.29. The van der Waals surface area contributed by atoms with E-state index in [1.165, 1.54) is 56.1 Å². The number of nitrogens with two attached hydrogens (primary N) is 1. The van der Waals surface area contributed by atoms with E-state index < -0.39 is 0 Å². The standard InChI is InChI=1S/C17H26N2O/c1-20-15-9-10-16-12(11-15)3-2-4-17(16)19-14-7-5-13(18)6-8-14/h9-11,13-14,17,19H,2-8,18H2,1H3. The minimum Gasteiger partial charge on any atom is -0.497 e. The molecule has 2 aliphatic rings. The van der Waals surface area contributed by atoms with Gasteiger partial charge in [-0.05, 0) is 68.2 Å². The first-order valence-corrected chi connectivity index (χ1v) is 7.94. The second-order valence-corrected chi connectivity index (χ2v) is 6.29. The van der Waals surface area contributed by atoms with Gasteiger partial charge >= 0.3 is 0 Å². The highest BCUT2D eigenvalue weighted by molar-refractivity contribution is 5.39. The maximum atomic E-state index is 6.00. The highest BCUT2D eigenvalue weighted by Gasteiger charge is 2.25. The summed E-state index contributed by atoms with van der Waals surface area (Å²) in [4.78, 5) is 0. The summed E-state index contributed by atoms with van der Waals surface area (Å²) in [6.45, 7) is 0. The number of nitrogens with one attached hydrogen (secondary N) is 1. The fourth-order valence-electron chi connectivity index (χ4n) is 3.66. The Kier molecular flexibility index (Phi) is 4.27. The van der Waals surface area contributed by atoms with E-state index in [2.05, 4.69) is 23.5 Å². The molecule has 1 fully saturated rings. The van der Waals surface area contributed by atoms with Gasteiger partial charge in [-0.1, -0.05) is 6.07 Å². The van der Waals surface area contributed by atoms with Crippen LogP contribution in [0.5, 0.6) is 5.75 Å². The number of fused-ring (bicyclic) bond motifs is 1. The van der Waals surface area contributed by atoms with Crippen molar-refractivity contribution >= 4 is 0 Å². The first-order valence-electron chi connectivity index (χ1n) is 7.94. The first kappa shape index (κ1) is 13.9. The van der Waals surface area contributed by atoms with Crippen molar-refractivity contribution < 1.29 is 4.74 Å². The third-order valence-electron chi connectivity index (χ3n) is 4.87. The summed E-state index contributed by atoms with van der Waals surface area (Å²) < 4.78 is 5.34. The van der Waals surface area contributed by atoms with Gasteiger partial charge in [-0.3, -0.25) is 0 Å². The Balaban J connectivity index is 1.70. The van der Waals surface area contributed by atoms with Gasteiger partial charge in [-0.25, -0.2) is 0 Å². The molecule has 0 bridgehead atoms. The third-order valence-corrected chi connectivity index (χ3v) is 4.87. The smallest absolute Gasteiger partial charge is 0.119 e. The molecule has 1 aromatic rings. The molecule has 3 heteroatoms. The predicted octanol–water partition coefficient (Wildman–Crippen LogP) is 2.93. The van der Waals surface area contributed by atoms with Crippen molar-refractivity contribution in [3.8, 4) is 5.75 Å². The molecule has 3 nitrogen and oxygen atoms in total. The van der Waals surface area contributed by atoms with E-state index in [4.69, 9.17) is 10.5 Å². The minimum absolute atomic E-state index is 0.427. The highest BCUT2D eigenvalue weighted by Crippen LogP contribution is 2.33. The molecule has 0 radical (unpaired) electrons. The molecule has 1 atom stereocenters. The molecule has 0 spiro atoms. The monoisotopic (exact) mass is 274 g/mol. The number of rotatable bonds is 3. The highest BCUT2D eigenvalue weighted by atomic mass is 16.5. The number of methoxy groups -OCH3 is 1. The predicted molar refractivity (Wildman–Crippen MR) is 82.0 cm³/mol. The van der Waals surface area contributed by atoms with Gasteiger partial charge in [0.1, 0.15) is 5.75 Å². The number of ether oxygens (including phenoxy) is 1. The number of hydrogen-bond donors (Lipinski definition) is 2. The maximum Gasteiger partial charge on any atom is 0.119 e. The van der Waals surface area contributed by atoms with Gasteiger partial charge in [-0.15, -0.1) is 0 Å². The summed E-state index contributed by atoms with van der Waals surface area (Å²) in [7, 11) is 1.74. The quantitative estimate of drug-likeness (QED) is 0.891. The van der Waals surface area contributed by atoms with Crippen molar-refractivity contribution in [3.05, 3.63) is 29.3 Å². The van der Waals surface area contributed by atoms with Crippen molar-refractivity contribution in [3.63, 3.8) is 0 Å². The van der Waals surface area contributed by atoms with Gasteiger partial charge in [0.2, 0.25) is 0 Å². The van der Waals surface area contributed by atoms with Crippen molar-refractivity contribution in [2.45, 2.75) is 63.1 Å². The van der Waals surface area contributed by atoms with Gasteiger partial charge < -0.3 is 15.8 Å². The zero-order valence-electron chi connectivity index (χ0n) is 12.4. The van der Waals surface area contributed by atoms with Gasteiger partial charge in [0.25, 0.3) is 0 Å². The molecule has 0 saturated heterocycles. The lowest BCUT2D eigenvalue weighted by molar-refractivity contribution is 0.302. The number of aryl methyl sites for hydroxylation is 1. The van der Waals surface area contributed by atoms with E-state index in [0.717, 1.165) is 5.75 Å². The molecule has 3 N–H and O–H groups in total. The van der Waals surface area contributed by atoms with Crippen molar-refractivity contribution in [2.24, 2.45) is 5.73 Å². The summed E-state index contributed by atoms with van der Waals surface area (Å²) in [6.07, 6.45) is 8.48. The Morgan fingerprint density at radius 2 is 1.95 bits per heavy atom. The molecular formula is C17H26N2O. The van der Waals surface area contributed by atoms with Crippen LogP contribution in [-0.2, 0) is 6.42 Å². The lowest BCUT2D eigenvalue weighted by Crippen LogP contribution is -2.40. The summed E-state index contributed by atoms with van der Waals surface area (Å²) >= 11 is 0. The first-order chi connectivity index (χ1) is 9.76. The molecular weight excluding hydrogens is 248 g/mol. The van der Waals surface area contributed by atoms with Crippen LogP contribution in [0, 0.1) is 0 Å². The summed E-state index contributed by atoms with van der Waals surface area (Å²) in [5.41, 5.74) is 8.93. The molecule has 0 aliphatic heterocycles. The molecule has 110 valence electrons. The van der Waals surface area contributed by atoms with Crippen LogP contribution in [-0.4, -0.2) is 19.2 Å². The minimum atomic E-state index is 0.427. The lowest BCUT2D eigenvalue weighted by atomic mass is 9.85. The van der Waals surface area contributed by atoms with Gasteiger partial charge in [0.15, 0.2) is 0 Å². The molecule has 0 amide bonds. The zero-order valence-corrected chi connectivity index (χ0v) is 12.4. The largest absolute Gasteiger partial charge is 0.497 e. The van der Waals surface area contributed by atoms with Crippen molar-refractivity contribution in [1.29, 1.82) is 0 Å². The van der Waals surface area contributed by atoms with E-state index in [9.17, 15) is 0 Å². The Morgan fingerprint density at radius 3 is 2.70 bits per heavy atom. The summed E-state index contributed by atoms with van der Waals surface area (Å²) in [6, 6.07) is 8.14. The van der Waals surface area contributed by atoms with Crippen LogP contribution in [0.15, 0.2) is 18.2 Å². The van der Waals surface area contributed by atoms with Crippen LogP contribution < -0.4 is 15.8 Å². The molecule has 0 aromatic heterocycles. The molecule has 3 rings (SSSR count). The average molecular weight is 274 g/mol. The van der Waals surface area contributed by atoms with Crippen LogP contribution >= 0.6 is 0 Å². The normalized spacial score (nSPS) is 29.8. The van der Waals surface area contributed by atoms with Gasteiger partial charge in [-0.2, -0.15) is 0 Å². The number of benzene rings is 1. The third kappa shape index (κ3) is 2.99. The molecule has 1 aromatic carbocycles. The topological polar surface area (TPSA) is 47.3 Å². The summed E-state index contributed by atoms with van der Waals surface area (Å²) in [5, 5.41) is 3.88. The maximum absolute atomic E-state index is 6.00. The van der Waals surface area contributed by atoms with Crippen molar-refractivity contribution in [2.75, 3.05) is 7.11 Å². The number of hydrogen-bond acceptors (Lipinski definition) is 3. The van der Waals surface area contributed by atoms with Crippen LogP contribution in [0.4, 0.5) is 0 Å². The lowest BCUT2D eigenvalue weighted by Gasteiger charge is -2.34. The van der Waals surface area contributed by atoms with E-state index >= 15 is 0 Å².